The molecule has 3 aromatic carbocycles. The van der Waals surface area contributed by atoms with Gasteiger partial charge >= 0.3 is 5.69 Å². The number of aliphatic imine (C=N–C) groups is 1. The van der Waals surface area contributed by atoms with E-state index in [0.29, 0.717) is 11.4 Å². The summed E-state index contributed by atoms with van der Waals surface area (Å²) < 4.78 is 1.08. The quantitative estimate of drug-likeness (QED) is 0.335. The Hall–Kier alpha value is -4.39. The number of benzene rings is 3. The van der Waals surface area contributed by atoms with Gasteiger partial charge in [-0.05, 0) is 36.2 Å². The summed E-state index contributed by atoms with van der Waals surface area (Å²) in [7, 11) is 0. The number of nitrogens with one attached hydrogen (secondary N) is 2. The molecule has 0 aliphatic heterocycles. The van der Waals surface area contributed by atoms with Gasteiger partial charge in [0.15, 0.2) is 0 Å². The Morgan fingerprint density at radius 2 is 1.56 bits per heavy atom. The van der Waals surface area contributed by atoms with E-state index in [4.69, 9.17) is 0 Å². The standard InChI is InChI=1S/C25H22N4O3/c1-17-10-8-9-15-20(17)29-24(31)21(23(30)28-25(29)32)22(27-19-13-6-3-7-14-19)26-16-18-11-4-2-5-12-18/h2-15,31H,16H2,1H3,(H,26,27)(H,28,30,32). The van der Waals surface area contributed by atoms with E-state index in [1.54, 1.807) is 12.1 Å². The van der Waals surface area contributed by atoms with Crippen LogP contribution in [0.3, 0.4) is 0 Å². The first kappa shape index (κ1) is 20.9. The third-order valence-electron chi connectivity index (χ3n) is 4.98. The minimum Gasteiger partial charge on any atom is -0.493 e. The molecule has 0 aliphatic rings. The molecule has 0 amide bonds. The van der Waals surface area contributed by atoms with E-state index in [1.165, 1.54) is 0 Å². The van der Waals surface area contributed by atoms with Crippen molar-refractivity contribution in [1.82, 2.24) is 9.55 Å². The van der Waals surface area contributed by atoms with Crippen LogP contribution in [0, 0.1) is 6.92 Å². The van der Waals surface area contributed by atoms with Crippen molar-refractivity contribution in [3.05, 3.63) is 122 Å². The van der Waals surface area contributed by atoms with Crippen LogP contribution in [-0.2, 0) is 6.54 Å². The fourth-order valence-corrected chi connectivity index (χ4v) is 3.37. The SMILES string of the molecule is Cc1ccccc1-n1c(O)c(C(=NCc2ccccc2)Nc2ccccc2)c(=O)[nH]c1=O. The van der Waals surface area contributed by atoms with Gasteiger partial charge in [-0.25, -0.2) is 9.36 Å². The highest BCUT2D eigenvalue weighted by molar-refractivity contribution is 6.09. The fourth-order valence-electron chi connectivity index (χ4n) is 3.37. The Morgan fingerprint density at radius 3 is 2.25 bits per heavy atom. The smallest absolute Gasteiger partial charge is 0.335 e. The van der Waals surface area contributed by atoms with Gasteiger partial charge in [-0.2, -0.15) is 0 Å². The number of anilines is 1. The predicted molar refractivity (Wildman–Crippen MR) is 126 cm³/mol. The Labute approximate surface area is 184 Å². The molecule has 0 bridgehead atoms. The number of H-pyrrole nitrogens is 1. The summed E-state index contributed by atoms with van der Waals surface area (Å²) >= 11 is 0. The molecule has 4 aromatic rings. The maximum atomic E-state index is 12.8. The van der Waals surface area contributed by atoms with Crippen molar-refractivity contribution >= 4 is 11.5 Å². The molecule has 32 heavy (non-hydrogen) atoms. The van der Waals surface area contributed by atoms with Crippen molar-refractivity contribution in [2.75, 3.05) is 5.32 Å². The number of aromatic nitrogens is 2. The molecule has 7 heteroatoms. The van der Waals surface area contributed by atoms with E-state index in [-0.39, 0.29) is 17.9 Å². The van der Waals surface area contributed by atoms with Gasteiger partial charge in [-0.1, -0.05) is 66.7 Å². The number of aromatic amines is 1. The number of nitrogens with zero attached hydrogens (tertiary/aromatic N) is 2. The van der Waals surface area contributed by atoms with Crippen LogP contribution in [-0.4, -0.2) is 20.5 Å². The lowest BCUT2D eigenvalue weighted by Crippen LogP contribution is -2.35. The number of hydrogen-bond acceptors (Lipinski definition) is 4. The van der Waals surface area contributed by atoms with E-state index in [2.05, 4.69) is 15.3 Å². The fraction of sp³-hybridized carbons (Fsp3) is 0.0800. The topological polar surface area (TPSA) is 99.5 Å². The highest BCUT2D eigenvalue weighted by Crippen LogP contribution is 2.21. The Bertz CT molecular complexity index is 1370. The van der Waals surface area contributed by atoms with Crippen LogP contribution in [0.25, 0.3) is 5.69 Å². The van der Waals surface area contributed by atoms with Gasteiger partial charge in [0, 0.05) is 5.69 Å². The van der Waals surface area contributed by atoms with E-state index in [1.807, 2.05) is 79.7 Å². The number of amidine groups is 1. The number of aryl methyl sites for hydroxylation is 1. The molecule has 0 saturated heterocycles. The van der Waals surface area contributed by atoms with Crippen molar-refractivity contribution in [3.63, 3.8) is 0 Å². The molecule has 4 rings (SSSR count). The molecule has 1 aromatic heterocycles. The van der Waals surface area contributed by atoms with Crippen molar-refractivity contribution in [3.8, 4) is 11.6 Å². The van der Waals surface area contributed by atoms with E-state index in [0.717, 1.165) is 15.7 Å². The molecule has 0 saturated carbocycles. The van der Waals surface area contributed by atoms with Crippen LogP contribution >= 0.6 is 0 Å². The summed E-state index contributed by atoms with van der Waals surface area (Å²) in [6.45, 7) is 2.09. The average molecular weight is 426 g/mol. The van der Waals surface area contributed by atoms with Crippen LogP contribution in [0.4, 0.5) is 5.69 Å². The van der Waals surface area contributed by atoms with Gasteiger partial charge in [-0.3, -0.25) is 14.8 Å². The highest BCUT2D eigenvalue weighted by atomic mass is 16.3. The maximum Gasteiger partial charge on any atom is 0.335 e. The Morgan fingerprint density at radius 1 is 0.938 bits per heavy atom. The summed E-state index contributed by atoms with van der Waals surface area (Å²) in [6.07, 6.45) is 0. The lowest BCUT2D eigenvalue weighted by Gasteiger charge is -2.16. The van der Waals surface area contributed by atoms with Gasteiger partial charge in [0.1, 0.15) is 11.4 Å². The van der Waals surface area contributed by atoms with Crippen LogP contribution in [0.2, 0.25) is 0 Å². The Balaban J connectivity index is 1.88. The summed E-state index contributed by atoms with van der Waals surface area (Å²) in [6, 6.07) is 25.8. The summed E-state index contributed by atoms with van der Waals surface area (Å²) in [5.74, 6) is -0.329. The number of para-hydroxylation sites is 2. The highest BCUT2D eigenvalue weighted by Gasteiger charge is 2.21. The van der Waals surface area contributed by atoms with E-state index < -0.39 is 17.1 Å². The Kier molecular flexibility index (Phi) is 5.98. The van der Waals surface area contributed by atoms with Crippen LogP contribution in [0.5, 0.6) is 5.88 Å². The first-order chi connectivity index (χ1) is 15.5. The molecular weight excluding hydrogens is 404 g/mol. The van der Waals surface area contributed by atoms with Gasteiger partial charge in [0.25, 0.3) is 5.56 Å². The third-order valence-corrected chi connectivity index (χ3v) is 4.98. The van der Waals surface area contributed by atoms with Crippen molar-refractivity contribution in [1.29, 1.82) is 0 Å². The molecule has 1 heterocycles. The van der Waals surface area contributed by atoms with Gasteiger partial charge in [0.05, 0.1) is 12.2 Å². The first-order valence-electron chi connectivity index (χ1n) is 10.1. The average Bonchev–Trinajstić information content (AvgIpc) is 2.79. The van der Waals surface area contributed by atoms with E-state index in [9.17, 15) is 14.7 Å². The molecule has 0 radical (unpaired) electrons. The second-order valence-electron chi connectivity index (χ2n) is 7.22. The normalized spacial score (nSPS) is 11.3. The minimum atomic E-state index is -0.729. The number of rotatable bonds is 5. The maximum absolute atomic E-state index is 12.8. The van der Waals surface area contributed by atoms with Crippen molar-refractivity contribution < 1.29 is 5.11 Å². The molecule has 0 aliphatic carbocycles. The van der Waals surface area contributed by atoms with Crippen molar-refractivity contribution in [2.45, 2.75) is 13.5 Å². The largest absolute Gasteiger partial charge is 0.493 e. The molecule has 7 nitrogen and oxygen atoms in total. The predicted octanol–water partition coefficient (Wildman–Crippen LogP) is 3.60. The molecular formula is C25H22N4O3. The zero-order valence-corrected chi connectivity index (χ0v) is 17.4. The van der Waals surface area contributed by atoms with Gasteiger partial charge < -0.3 is 10.4 Å². The summed E-state index contributed by atoms with van der Waals surface area (Å²) in [5, 5.41) is 14.2. The number of hydrogen-bond donors (Lipinski definition) is 3. The first-order valence-corrected chi connectivity index (χ1v) is 10.1. The minimum absolute atomic E-state index is 0.118. The molecule has 0 spiro atoms. The van der Waals surface area contributed by atoms with Crippen LogP contribution < -0.4 is 16.6 Å². The summed E-state index contributed by atoms with van der Waals surface area (Å²) in [4.78, 5) is 32.3. The second kappa shape index (κ2) is 9.18. The monoisotopic (exact) mass is 426 g/mol. The third kappa shape index (κ3) is 4.37. The van der Waals surface area contributed by atoms with E-state index >= 15 is 0 Å². The van der Waals surface area contributed by atoms with Gasteiger partial charge in [0.2, 0.25) is 5.88 Å². The zero-order valence-electron chi connectivity index (χ0n) is 17.4. The van der Waals surface area contributed by atoms with Gasteiger partial charge in [-0.15, -0.1) is 0 Å². The zero-order chi connectivity index (χ0) is 22.5. The molecule has 0 fully saturated rings. The van der Waals surface area contributed by atoms with Crippen LogP contribution in [0.1, 0.15) is 16.7 Å². The summed E-state index contributed by atoms with van der Waals surface area (Å²) in [5.41, 5.74) is 1.28. The molecule has 0 atom stereocenters. The molecule has 0 unspecified atom stereocenters. The lowest BCUT2D eigenvalue weighted by molar-refractivity contribution is 0.429. The lowest BCUT2D eigenvalue weighted by atomic mass is 10.2. The second-order valence-corrected chi connectivity index (χ2v) is 7.22. The van der Waals surface area contributed by atoms with Crippen LogP contribution in [0.15, 0.2) is 99.5 Å². The number of aromatic hydroxyl groups is 1. The molecule has 160 valence electrons. The molecule has 3 N–H and O–H groups in total. The van der Waals surface area contributed by atoms with Crippen molar-refractivity contribution in [2.24, 2.45) is 4.99 Å².